The Morgan fingerprint density at radius 2 is 2.00 bits per heavy atom. The molecule has 0 aromatic heterocycles. The second-order valence-corrected chi connectivity index (χ2v) is 7.54. The molecule has 0 aliphatic heterocycles. The molecule has 0 unspecified atom stereocenters. The molecule has 0 atom stereocenters. The van der Waals surface area contributed by atoms with Crippen molar-refractivity contribution in [1.29, 1.82) is 0 Å². The number of halogens is 1. The summed E-state index contributed by atoms with van der Waals surface area (Å²) < 4.78 is 26.4. The van der Waals surface area contributed by atoms with E-state index in [9.17, 15) is 8.42 Å². The zero-order chi connectivity index (χ0) is 12.5. The predicted molar refractivity (Wildman–Crippen MR) is 72.1 cm³/mol. The van der Waals surface area contributed by atoms with E-state index in [1.807, 2.05) is 24.3 Å². The lowest BCUT2D eigenvalue weighted by molar-refractivity contribution is 0.463. The van der Waals surface area contributed by atoms with Crippen molar-refractivity contribution in [3.05, 3.63) is 34.3 Å². The van der Waals surface area contributed by atoms with Gasteiger partial charge in [-0.2, -0.15) is 0 Å². The topological polar surface area (TPSA) is 37.4 Å². The summed E-state index contributed by atoms with van der Waals surface area (Å²) in [7, 11) is -1.45. The molecule has 1 fully saturated rings. The van der Waals surface area contributed by atoms with Crippen LogP contribution >= 0.6 is 15.9 Å². The second-order valence-electron chi connectivity index (χ2n) is 4.57. The van der Waals surface area contributed by atoms with Gasteiger partial charge in [0.1, 0.15) is 0 Å². The molecule has 1 aliphatic rings. The molecule has 1 aliphatic carbocycles. The van der Waals surface area contributed by atoms with Crippen LogP contribution in [0, 0.1) is 5.92 Å². The number of rotatable bonds is 5. The van der Waals surface area contributed by atoms with Crippen LogP contribution in [0.3, 0.4) is 0 Å². The molecule has 0 N–H and O–H groups in total. The third-order valence-corrected chi connectivity index (χ3v) is 5.71. The fraction of sp³-hybridized carbons (Fsp3) is 0.500. The van der Waals surface area contributed by atoms with Gasteiger partial charge in [0.2, 0.25) is 10.0 Å². The van der Waals surface area contributed by atoms with Crippen molar-refractivity contribution in [2.75, 3.05) is 12.8 Å². The minimum atomic E-state index is -3.10. The van der Waals surface area contributed by atoms with E-state index in [2.05, 4.69) is 15.9 Å². The Morgan fingerprint density at radius 3 is 2.59 bits per heavy atom. The Hall–Kier alpha value is -0.390. The quantitative estimate of drug-likeness (QED) is 0.837. The molecule has 94 valence electrons. The maximum Gasteiger partial charge on any atom is 0.214 e. The molecule has 0 spiro atoms. The van der Waals surface area contributed by atoms with Crippen LogP contribution in [-0.2, 0) is 16.6 Å². The highest BCUT2D eigenvalue weighted by molar-refractivity contribution is 9.10. The summed E-state index contributed by atoms with van der Waals surface area (Å²) in [5.41, 5.74) is 0.995. The van der Waals surface area contributed by atoms with Gasteiger partial charge in [0.25, 0.3) is 0 Å². The van der Waals surface area contributed by atoms with Crippen LogP contribution in [0.25, 0.3) is 0 Å². The third kappa shape index (κ3) is 3.53. The van der Waals surface area contributed by atoms with Crippen molar-refractivity contribution in [1.82, 2.24) is 4.31 Å². The molecule has 0 radical (unpaired) electrons. The van der Waals surface area contributed by atoms with Gasteiger partial charge in [-0.3, -0.25) is 0 Å². The molecule has 5 heteroatoms. The third-order valence-electron chi connectivity index (χ3n) is 2.97. The van der Waals surface area contributed by atoms with Gasteiger partial charge in [-0.15, -0.1) is 0 Å². The van der Waals surface area contributed by atoms with Gasteiger partial charge in [-0.25, -0.2) is 12.7 Å². The van der Waals surface area contributed by atoms with Crippen molar-refractivity contribution in [3.63, 3.8) is 0 Å². The molecular formula is C12H16BrNO2S. The van der Waals surface area contributed by atoms with Crippen molar-refractivity contribution in [2.24, 2.45) is 5.92 Å². The summed E-state index contributed by atoms with van der Waals surface area (Å²) in [4.78, 5) is 0. The molecule has 3 nitrogen and oxygen atoms in total. The molecule has 1 aromatic rings. The fourth-order valence-electron chi connectivity index (χ4n) is 1.67. The summed E-state index contributed by atoms with van der Waals surface area (Å²) >= 11 is 3.43. The van der Waals surface area contributed by atoms with Gasteiger partial charge in [0.15, 0.2) is 0 Å². The molecule has 0 heterocycles. The molecule has 0 amide bonds. The smallest absolute Gasteiger partial charge is 0.212 e. The van der Waals surface area contributed by atoms with Crippen molar-refractivity contribution >= 4 is 26.0 Å². The number of benzene rings is 1. The van der Waals surface area contributed by atoms with Crippen LogP contribution in [0.2, 0.25) is 0 Å². The predicted octanol–water partition coefficient (Wildman–Crippen LogP) is 2.62. The number of hydrogen-bond acceptors (Lipinski definition) is 2. The van der Waals surface area contributed by atoms with Crippen LogP contribution in [-0.4, -0.2) is 25.5 Å². The first kappa shape index (κ1) is 13.1. The van der Waals surface area contributed by atoms with E-state index in [0.717, 1.165) is 22.9 Å². The van der Waals surface area contributed by atoms with Crippen molar-refractivity contribution in [2.45, 2.75) is 19.4 Å². The van der Waals surface area contributed by atoms with E-state index in [-0.39, 0.29) is 0 Å². The Bertz CT molecular complexity index is 497. The molecule has 1 saturated carbocycles. The van der Waals surface area contributed by atoms with E-state index in [4.69, 9.17) is 0 Å². The molecule has 1 aromatic carbocycles. The summed E-state index contributed by atoms with van der Waals surface area (Å²) in [6, 6.07) is 7.71. The Kier molecular flexibility index (Phi) is 3.90. The first-order chi connectivity index (χ1) is 7.99. The van der Waals surface area contributed by atoms with Gasteiger partial charge >= 0.3 is 0 Å². The van der Waals surface area contributed by atoms with E-state index in [1.54, 1.807) is 7.05 Å². The number of sulfonamides is 1. The van der Waals surface area contributed by atoms with Crippen LogP contribution in [0.1, 0.15) is 18.4 Å². The van der Waals surface area contributed by atoms with E-state index < -0.39 is 10.0 Å². The van der Waals surface area contributed by atoms with Crippen molar-refractivity contribution < 1.29 is 8.42 Å². The minimum absolute atomic E-state index is 0.300. The molecule has 2 rings (SSSR count). The van der Waals surface area contributed by atoms with Gasteiger partial charge in [-0.1, -0.05) is 34.1 Å². The minimum Gasteiger partial charge on any atom is -0.212 e. The number of nitrogens with zero attached hydrogens (tertiary/aromatic N) is 1. The highest BCUT2D eigenvalue weighted by atomic mass is 79.9. The standard InChI is InChI=1S/C12H16BrNO2S/c1-14(17(15,16)9-10-6-7-10)8-11-4-2-3-5-12(11)13/h2-5,10H,6-9H2,1H3. The SMILES string of the molecule is CN(Cc1ccccc1Br)S(=O)(=O)CC1CC1. The van der Waals surface area contributed by atoms with E-state index >= 15 is 0 Å². The van der Waals surface area contributed by atoms with Crippen LogP contribution < -0.4 is 0 Å². The number of hydrogen-bond donors (Lipinski definition) is 0. The molecule has 17 heavy (non-hydrogen) atoms. The lowest BCUT2D eigenvalue weighted by Crippen LogP contribution is -2.29. The highest BCUT2D eigenvalue weighted by Gasteiger charge is 2.30. The Labute approximate surface area is 111 Å². The average molecular weight is 318 g/mol. The zero-order valence-corrected chi connectivity index (χ0v) is 12.2. The first-order valence-corrected chi connectivity index (χ1v) is 8.06. The normalized spacial score (nSPS) is 16.4. The Balaban J connectivity index is 2.05. The first-order valence-electron chi connectivity index (χ1n) is 5.66. The summed E-state index contributed by atoms with van der Waals surface area (Å²) in [5.74, 6) is 0.690. The molecular weight excluding hydrogens is 302 g/mol. The maximum absolute atomic E-state index is 12.0. The fourth-order valence-corrected chi connectivity index (χ4v) is 3.60. The van der Waals surface area contributed by atoms with Gasteiger partial charge in [0, 0.05) is 18.1 Å². The molecule has 0 bridgehead atoms. The van der Waals surface area contributed by atoms with Crippen LogP contribution in [0.15, 0.2) is 28.7 Å². The van der Waals surface area contributed by atoms with Crippen LogP contribution in [0.5, 0.6) is 0 Å². The summed E-state index contributed by atoms with van der Waals surface area (Å²) in [6.45, 7) is 0.427. The van der Waals surface area contributed by atoms with Crippen LogP contribution in [0.4, 0.5) is 0 Å². The summed E-state index contributed by atoms with van der Waals surface area (Å²) in [5, 5.41) is 0. The summed E-state index contributed by atoms with van der Waals surface area (Å²) in [6.07, 6.45) is 2.12. The van der Waals surface area contributed by atoms with E-state index in [1.165, 1.54) is 4.31 Å². The Morgan fingerprint density at radius 1 is 1.35 bits per heavy atom. The monoisotopic (exact) mass is 317 g/mol. The molecule has 0 saturated heterocycles. The van der Waals surface area contributed by atoms with Gasteiger partial charge < -0.3 is 0 Å². The zero-order valence-electron chi connectivity index (χ0n) is 9.77. The lowest BCUT2D eigenvalue weighted by atomic mass is 10.2. The largest absolute Gasteiger partial charge is 0.214 e. The average Bonchev–Trinajstić information content (AvgIpc) is 3.04. The van der Waals surface area contributed by atoms with Crippen molar-refractivity contribution in [3.8, 4) is 0 Å². The van der Waals surface area contributed by atoms with E-state index in [0.29, 0.717) is 18.2 Å². The highest BCUT2D eigenvalue weighted by Crippen LogP contribution is 2.31. The maximum atomic E-state index is 12.0. The lowest BCUT2D eigenvalue weighted by Gasteiger charge is -2.17. The van der Waals surface area contributed by atoms with Gasteiger partial charge in [-0.05, 0) is 30.4 Å². The van der Waals surface area contributed by atoms with Gasteiger partial charge in [0.05, 0.1) is 5.75 Å². The second kappa shape index (κ2) is 5.08.